The van der Waals surface area contributed by atoms with E-state index in [1.807, 2.05) is 10.3 Å². The van der Waals surface area contributed by atoms with E-state index >= 15 is 0 Å². The quantitative estimate of drug-likeness (QED) is 0.651. The topological polar surface area (TPSA) is 33.2 Å². The number of rotatable bonds is 3. The van der Waals surface area contributed by atoms with Crippen molar-refractivity contribution in [1.29, 1.82) is 0 Å². The molecule has 1 aliphatic heterocycles. The third-order valence-electron chi connectivity index (χ3n) is 4.41. The van der Waals surface area contributed by atoms with Gasteiger partial charge in [0, 0.05) is 22.4 Å². The van der Waals surface area contributed by atoms with Gasteiger partial charge in [-0.25, -0.2) is 4.98 Å². The molecule has 4 rings (SSSR count). The molecule has 1 unspecified atom stereocenters. The summed E-state index contributed by atoms with van der Waals surface area (Å²) >= 11 is 3.27. The number of carbonyl (C=O) groups is 1. The van der Waals surface area contributed by atoms with E-state index in [0.717, 1.165) is 30.0 Å². The number of nitrogens with zero attached hydrogens (tertiary/aromatic N) is 2. The van der Waals surface area contributed by atoms with Crippen molar-refractivity contribution in [3.8, 4) is 10.6 Å². The Morgan fingerprint density at radius 2 is 2.04 bits per heavy atom. The first-order valence-electron chi connectivity index (χ1n) is 8.09. The van der Waals surface area contributed by atoms with Crippen LogP contribution in [0.1, 0.15) is 39.8 Å². The molecule has 1 amide bonds. The van der Waals surface area contributed by atoms with Gasteiger partial charge in [0.05, 0.1) is 6.04 Å². The molecule has 122 valence electrons. The third-order valence-corrected chi connectivity index (χ3v) is 6.27. The number of likely N-dealkylation sites (tertiary alicyclic amines) is 1. The van der Waals surface area contributed by atoms with Gasteiger partial charge in [-0.2, -0.15) is 0 Å². The lowest BCUT2D eigenvalue weighted by molar-refractivity contribution is 0.0733. The summed E-state index contributed by atoms with van der Waals surface area (Å²) in [5.41, 5.74) is 2.86. The predicted octanol–water partition coefficient (Wildman–Crippen LogP) is 5.16. The smallest absolute Gasteiger partial charge is 0.273 e. The molecule has 1 atom stereocenters. The fraction of sp³-hybridized carbons (Fsp3) is 0.263. The molecule has 3 nitrogen and oxygen atoms in total. The van der Waals surface area contributed by atoms with Crippen molar-refractivity contribution in [2.45, 2.75) is 25.8 Å². The van der Waals surface area contributed by atoms with Gasteiger partial charge in [-0.15, -0.1) is 22.7 Å². The van der Waals surface area contributed by atoms with Crippen LogP contribution in [0.5, 0.6) is 0 Å². The van der Waals surface area contributed by atoms with Crippen molar-refractivity contribution in [2.75, 3.05) is 6.54 Å². The zero-order valence-corrected chi connectivity index (χ0v) is 15.1. The summed E-state index contributed by atoms with van der Waals surface area (Å²) in [6.45, 7) is 2.89. The minimum atomic E-state index is 0.0560. The van der Waals surface area contributed by atoms with Crippen molar-refractivity contribution in [1.82, 2.24) is 9.88 Å². The van der Waals surface area contributed by atoms with E-state index in [0.29, 0.717) is 5.69 Å². The summed E-state index contributed by atoms with van der Waals surface area (Å²) in [6.07, 6.45) is 2.10. The molecule has 1 fully saturated rings. The lowest BCUT2D eigenvalue weighted by Crippen LogP contribution is -2.30. The Hall–Kier alpha value is -1.98. The standard InChI is InChI=1S/C19H18N2OS2/c1-13-6-8-14(9-7-13)18-20-15(12-24-18)19(22)21-10-2-4-16(21)17-5-3-11-23-17/h3,5-9,11-12,16H,2,4,10H2,1H3. The fourth-order valence-corrected chi connectivity index (χ4v) is 4.81. The maximum Gasteiger partial charge on any atom is 0.273 e. The molecule has 0 spiro atoms. The Labute approximate surface area is 149 Å². The molecular formula is C19H18N2OS2. The maximum atomic E-state index is 12.9. The van der Waals surface area contributed by atoms with Crippen LogP contribution in [-0.2, 0) is 0 Å². The number of thiophene rings is 1. The number of hydrogen-bond donors (Lipinski definition) is 0. The van der Waals surface area contributed by atoms with Gasteiger partial charge in [-0.05, 0) is 31.2 Å². The molecule has 3 aromatic rings. The van der Waals surface area contributed by atoms with E-state index < -0.39 is 0 Å². The number of amides is 1. The minimum absolute atomic E-state index is 0.0560. The second-order valence-electron chi connectivity index (χ2n) is 6.08. The number of benzene rings is 1. The number of hydrogen-bond acceptors (Lipinski definition) is 4. The van der Waals surface area contributed by atoms with Crippen molar-refractivity contribution < 1.29 is 4.79 Å². The maximum absolute atomic E-state index is 12.9. The van der Waals surface area contributed by atoms with Crippen LogP contribution in [0.2, 0.25) is 0 Å². The summed E-state index contributed by atoms with van der Waals surface area (Å²) in [7, 11) is 0. The Balaban J connectivity index is 1.57. The van der Waals surface area contributed by atoms with Crippen LogP contribution >= 0.6 is 22.7 Å². The summed E-state index contributed by atoms with van der Waals surface area (Å²) in [5.74, 6) is 0.0560. The monoisotopic (exact) mass is 354 g/mol. The van der Waals surface area contributed by atoms with E-state index in [1.165, 1.54) is 21.8 Å². The number of aryl methyl sites for hydroxylation is 1. The van der Waals surface area contributed by atoms with Crippen LogP contribution in [0.25, 0.3) is 10.6 Å². The average Bonchev–Trinajstić information content (AvgIpc) is 3.34. The van der Waals surface area contributed by atoms with Gasteiger partial charge in [0.2, 0.25) is 0 Å². The highest BCUT2D eigenvalue weighted by atomic mass is 32.1. The van der Waals surface area contributed by atoms with Crippen molar-refractivity contribution in [3.63, 3.8) is 0 Å². The SMILES string of the molecule is Cc1ccc(-c2nc(C(=O)N3CCCC3c3cccs3)cs2)cc1. The van der Waals surface area contributed by atoms with E-state index in [4.69, 9.17) is 0 Å². The van der Waals surface area contributed by atoms with E-state index in [2.05, 4.69) is 53.7 Å². The first-order valence-corrected chi connectivity index (χ1v) is 9.85. The van der Waals surface area contributed by atoms with Crippen molar-refractivity contribution in [3.05, 3.63) is 63.3 Å². The zero-order valence-electron chi connectivity index (χ0n) is 13.4. The molecule has 24 heavy (non-hydrogen) atoms. The van der Waals surface area contributed by atoms with Gasteiger partial charge in [0.25, 0.3) is 5.91 Å². The molecule has 2 aromatic heterocycles. The lowest BCUT2D eigenvalue weighted by atomic mass is 10.1. The van der Waals surface area contributed by atoms with E-state index in [9.17, 15) is 4.79 Å². The van der Waals surface area contributed by atoms with Crippen LogP contribution in [0, 0.1) is 6.92 Å². The van der Waals surface area contributed by atoms with Gasteiger partial charge in [-0.1, -0.05) is 35.9 Å². The number of carbonyl (C=O) groups excluding carboxylic acids is 1. The number of thiazole rings is 1. The van der Waals surface area contributed by atoms with Gasteiger partial charge in [0.1, 0.15) is 10.7 Å². The first-order chi connectivity index (χ1) is 11.7. The molecule has 0 saturated carbocycles. The predicted molar refractivity (Wildman–Crippen MR) is 99.6 cm³/mol. The summed E-state index contributed by atoms with van der Waals surface area (Å²) in [4.78, 5) is 20.8. The summed E-state index contributed by atoms with van der Waals surface area (Å²) in [6, 6.07) is 12.7. The molecular weight excluding hydrogens is 336 g/mol. The fourth-order valence-electron chi connectivity index (χ4n) is 3.13. The zero-order chi connectivity index (χ0) is 16.5. The molecule has 1 saturated heterocycles. The van der Waals surface area contributed by atoms with Crippen LogP contribution in [0.3, 0.4) is 0 Å². The minimum Gasteiger partial charge on any atom is -0.329 e. The average molecular weight is 354 g/mol. The van der Waals surface area contributed by atoms with Gasteiger partial charge < -0.3 is 4.90 Å². The Morgan fingerprint density at radius 3 is 2.79 bits per heavy atom. The highest BCUT2D eigenvalue weighted by Crippen LogP contribution is 2.36. The Morgan fingerprint density at radius 1 is 1.21 bits per heavy atom. The van der Waals surface area contributed by atoms with Crippen LogP contribution < -0.4 is 0 Å². The molecule has 0 radical (unpaired) electrons. The second kappa shape index (κ2) is 6.49. The van der Waals surface area contributed by atoms with Crippen molar-refractivity contribution in [2.24, 2.45) is 0 Å². The lowest BCUT2D eigenvalue weighted by Gasteiger charge is -2.22. The van der Waals surface area contributed by atoms with Crippen LogP contribution in [0.15, 0.2) is 47.2 Å². The van der Waals surface area contributed by atoms with Crippen LogP contribution in [0.4, 0.5) is 0 Å². The summed E-state index contributed by atoms with van der Waals surface area (Å²) in [5, 5.41) is 4.88. The van der Waals surface area contributed by atoms with Crippen LogP contribution in [-0.4, -0.2) is 22.3 Å². The van der Waals surface area contributed by atoms with Gasteiger partial charge in [0.15, 0.2) is 0 Å². The van der Waals surface area contributed by atoms with E-state index in [-0.39, 0.29) is 11.9 Å². The molecule has 3 heterocycles. The Bertz CT molecular complexity index is 837. The molecule has 1 aromatic carbocycles. The normalized spacial score (nSPS) is 17.4. The highest BCUT2D eigenvalue weighted by Gasteiger charge is 2.32. The second-order valence-corrected chi connectivity index (χ2v) is 7.91. The molecule has 0 bridgehead atoms. The number of aromatic nitrogens is 1. The summed E-state index contributed by atoms with van der Waals surface area (Å²) < 4.78 is 0. The largest absolute Gasteiger partial charge is 0.329 e. The molecule has 0 N–H and O–H groups in total. The van der Waals surface area contributed by atoms with Gasteiger partial charge >= 0.3 is 0 Å². The third kappa shape index (κ3) is 2.89. The van der Waals surface area contributed by atoms with E-state index in [1.54, 1.807) is 11.3 Å². The molecule has 5 heteroatoms. The molecule has 0 aliphatic carbocycles. The molecule has 1 aliphatic rings. The van der Waals surface area contributed by atoms with Gasteiger partial charge in [-0.3, -0.25) is 4.79 Å². The highest BCUT2D eigenvalue weighted by molar-refractivity contribution is 7.13. The van der Waals surface area contributed by atoms with Crippen molar-refractivity contribution >= 4 is 28.6 Å². The first kappa shape index (κ1) is 15.5. The Kier molecular flexibility index (Phi) is 4.21.